The fraction of sp³-hybridized carbons (Fsp3) is 0.588. The predicted molar refractivity (Wildman–Crippen MR) is 87.5 cm³/mol. The molecule has 3 nitrogen and oxygen atoms in total. The summed E-state index contributed by atoms with van der Waals surface area (Å²) in [5, 5.41) is 7.29. The highest BCUT2D eigenvalue weighted by Gasteiger charge is 2.39. The summed E-state index contributed by atoms with van der Waals surface area (Å²) in [7, 11) is 0. The Morgan fingerprint density at radius 3 is 2.71 bits per heavy atom. The Kier molecular flexibility index (Phi) is 5.65. The van der Waals surface area contributed by atoms with Crippen molar-refractivity contribution in [3.63, 3.8) is 0 Å². The third-order valence-corrected chi connectivity index (χ3v) is 4.65. The summed E-state index contributed by atoms with van der Waals surface area (Å²) in [6, 6.07) is 7.68. The molecule has 1 fully saturated rings. The van der Waals surface area contributed by atoms with Gasteiger partial charge in [-0.25, -0.2) is 0 Å². The number of benzene rings is 1. The van der Waals surface area contributed by atoms with Gasteiger partial charge in [0.25, 0.3) is 0 Å². The van der Waals surface area contributed by atoms with Crippen molar-refractivity contribution in [1.82, 2.24) is 10.6 Å². The first-order valence-corrected chi connectivity index (χ1v) is 8.22. The van der Waals surface area contributed by atoms with Crippen LogP contribution in [0.4, 0.5) is 0 Å². The van der Waals surface area contributed by atoms with Gasteiger partial charge in [0.05, 0.1) is 11.5 Å². The van der Waals surface area contributed by atoms with E-state index in [1.54, 1.807) is 0 Å². The Hall–Kier alpha value is -1.06. The normalized spacial score (nSPS) is 23.6. The molecule has 0 bridgehead atoms. The Bertz CT molecular complexity index is 461. The van der Waals surface area contributed by atoms with E-state index in [-0.39, 0.29) is 17.4 Å². The number of hydrogen-bond donors (Lipinski definition) is 2. The maximum Gasteiger partial charge on any atom is 0.227 e. The molecular weight excluding hydrogens is 284 g/mol. The monoisotopic (exact) mass is 308 g/mol. The topological polar surface area (TPSA) is 41.1 Å². The van der Waals surface area contributed by atoms with Gasteiger partial charge in [-0.05, 0) is 50.4 Å². The van der Waals surface area contributed by atoms with Crippen LogP contribution in [-0.2, 0) is 4.79 Å². The highest BCUT2D eigenvalue weighted by atomic mass is 35.5. The molecule has 0 aromatic heterocycles. The Morgan fingerprint density at radius 2 is 2.14 bits per heavy atom. The molecule has 2 N–H and O–H groups in total. The van der Waals surface area contributed by atoms with Gasteiger partial charge < -0.3 is 10.6 Å². The molecule has 1 saturated heterocycles. The molecule has 1 aromatic rings. The zero-order valence-corrected chi connectivity index (χ0v) is 13.7. The fourth-order valence-electron chi connectivity index (χ4n) is 3.15. The largest absolute Gasteiger partial charge is 0.349 e. The summed E-state index contributed by atoms with van der Waals surface area (Å²) in [6.07, 6.45) is 4.03. The summed E-state index contributed by atoms with van der Waals surface area (Å²) >= 11 is 5.91. The third kappa shape index (κ3) is 3.98. The van der Waals surface area contributed by atoms with Gasteiger partial charge in [0, 0.05) is 11.6 Å². The fourth-order valence-corrected chi connectivity index (χ4v) is 3.28. The molecule has 1 amide bonds. The minimum atomic E-state index is -0.242. The molecule has 1 aromatic carbocycles. The average Bonchev–Trinajstić information content (AvgIpc) is 2.49. The maximum absolute atomic E-state index is 12.8. The van der Waals surface area contributed by atoms with E-state index in [2.05, 4.69) is 17.6 Å². The van der Waals surface area contributed by atoms with Crippen LogP contribution in [0.5, 0.6) is 0 Å². The van der Waals surface area contributed by atoms with Crippen LogP contribution < -0.4 is 10.6 Å². The SMILES string of the molecule is CCCC1(C(=O)N[C@H](C)c2ccc(Cl)cc2)CCCNC1. The molecule has 0 saturated carbocycles. The number of amides is 1. The van der Waals surface area contributed by atoms with Crippen molar-refractivity contribution in [1.29, 1.82) is 0 Å². The van der Waals surface area contributed by atoms with Crippen molar-refractivity contribution in [2.24, 2.45) is 5.41 Å². The Morgan fingerprint density at radius 1 is 1.43 bits per heavy atom. The van der Waals surface area contributed by atoms with Gasteiger partial charge in [-0.1, -0.05) is 37.1 Å². The number of halogens is 1. The van der Waals surface area contributed by atoms with Gasteiger partial charge in [-0.3, -0.25) is 4.79 Å². The van der Waals surface area contributed by atoms with Crippen LogP contribution in [0.15, 0.2) is 24.3 Å². The number of carbonyl (C=O) groups is 1. The molecular formula is C17H25ClN2O. The summed E-state index contributed by atoms with van der Waals surface area (Å²) in [6.45, 7) is 5.98. The van der Waals surface area contributed by atoms with E-state index in [9.17, 15) is 4.79 Å². The summed E-state index contributed by atoms with van der Waals surface area (Å²) in [5.74, 6) is 0.180. The van der Waals surface area contributed by atoms with Gasteiger partial charge in [-0.15, -0.1) is 0 Å². The number of piperidine rings is 1. The van der Waals surface area contributed by atoms with Crippen LogP contribution in [0.2, 0.25) is 5.02 Å². The van der Waals surface area contributed by atoms with Crippen molar-refractivity contribution >= 4 is 17.5 Å². The standard InChI is InChI=1S/C17H25ClN2O/c1-3-9-17(10-4-11-19-12-17)16(21)20-13(2)14-5-7-15(18)8-6-14/h5-8,13,19H,3-4,9-12H2,1-2H3,(H,20,21)/t13-,17?/m1/s1. The lowest BCUT2D eigenvalue weighted by molar-refractivity contribution is -0.133. The van der Waals surface area contributed by atoms with Gasteiger partial charge in [0.1, 0.15) is 0 Å². The molecule has 2 rings (SSSR count). The lowest BCUT2D eigenvalue weighted by atomic mass is 9.76. The molecule has 0 radical (unpaired) electrons. The zero-order chi connectivity index (χ0) is 15.3. The van der Waals surface area contributed by atoms with Crippen molar-refractivity contribution in [3.8, 4) is 0 Å². The molecule has 0 spiro atoms. The maximum atomic E-state index is 12.8. The highest BCUT2D eigenvalue weighted by molar-refractivity contribution is 6.30. The lowest BCUT2D eigenvalue weighted by Gasteiger charge is -2.37. The summed E-state index contributed by atoms with van der Waals surface area (Å²) in [4.78, 5) is 12.8. The van der Waals surface area contributed by atoms with Gasteiger partial charge in [0.2, 0.25) is 5.91 Å². The second-order valence-electron chi connectivity index (χ2n) is 6.06. The summed E-state index contributed by atoms with van der Waals surface area (Å²) < 4.78 is 0. The van der Waals surface area contributed by atoms with Crippen LogP contribution >= 0.6 is 11.6 Å². The molecule has 1 unspecified atom stereocenters. The van der Waals surface area contributed by atoms with E-state index in [1.165, 1.54) is 0 Å². The zero-order valence-electron chi connectivity index (χ0n) is 12.9. The summed E-state index contributed by atoms with van der Waals surface area (Å²) in [5.41, 5.74) is 0.844. The second-order valence-corrected chi connectivity index (χ2v) is 6.49. The first-order chi connectivity index (χ1) is 10.1. The Balaban J connectivity index is 2.05. The van der Waals surface area contributed by atoms with E-state index in [4.69, 9.17) is 11.6 Å². The first kappa shape index (κ1) is 16.3. The molecule has 1 aliphatic rings. The van der Waals surface area contributed by atoms with Crippen LogP contribution in [0.1, 0.15) is 51.1 Å². The van der Waals surface area contributed by atoms with E-state index in [0.717, 1.165) is 49.4 Å². The van der Waals surface area contributed by atoms with Crippen LogP contribution in [0.3, 0.4) is 0 Å². The molecule has 1 aliphatic heterocycles. The Labute approximate surface area is 132 Å². The quantitative estimate of drug-likeness (QED) is 0.871. The molecule has 0 aliphatic carbocycles. The van der Waals surface area contributed by atoms with Crippen LogP contribution in [0, 0.1) is 5.41 Å². The molecule has 21 heavy (non-hydrogen) atoms. The lowest BCUT2D eigenvalue weighted by Crippen LogP contribution is -2.50. The van der Waals surface area contributed by atoms with Crippen molar-refractivity contribution in [2.45, 2.75) is 45.6 Å². The molecule has 116 valence electrons. The highest BCUT2D eigenvalue weighted by Crippen LogP contribution is 2.32. The predicted octanol–water partition coefficient (Wildman–Crippen LogP) is 3.69. The molecule has 4 heteroatoms. The minimum absolute atomic E-state index is 0.00502. The van der Waals surface area contributed by atoms with Crippen molar-refractivity contribution in [3.05, 3.63) is 34.9 Å². The van der Waals surface area contributed by atoms with E-state index < -0.39 is 0 Å². The number of hydrogen-bond acceptors (Lipinski definition) is 2. The first-order valence-electron chi connectivity index (χ1n) is 7.84. The second kappa shape index (κ2) is 7.28. The van der Waals surface area contributed by atoms with Crippen molar-refractivity contribution < 1.29 is 4.79 Å². The third-order valence-electron chi connectivity index (χ3n) is 4.40. The number of rotatable bonds is 5. The van der Waals surface area contributed by atoms with Gasteiger partial charge in [-0.2, -0.15) is 0 Å². The average molecular weight is 309 g/mol. The number of carbonyl (C=O) groups excluding carboxylic acids is 1. The van der Waals surface area contributed by atoms with Crippen LogP contribution in [0.25, 0.3) is 0 Å². The van der Waals surface area contributed by atoms with Gasteiger partial charge >= 0.3 is 0 Å². The molecule has 2 atom stereocenters. The smallest absolute Gasteiger partial charge is 0.227 e. The van der Waals surface area contributed by atoms with Crippen molar-refractivity contribution in [2.75, 3.05) is 13.1 Å². The minimum Gasteiger partial charge on any atom is -0.349 e. The van der Waals surface area contributed by atoms with Gasteiger partial charge in [0.15, 0.2) is 0 Å². The van der Waals surface area contributed by atoms with E-state index in [0.29, 0.717) is 0 Å². The number of nitrogens with one attached hydrogen (secondary N) is 2. The van der Waals surface area contributed by atoms with Crippen LogP contribution in [-0.4, -0.2) is 19.0 Å². The van der Waals surface area contributed by atoms with E-state index >= 15 is 0 Å². The van der Waals surface area contributed by atoms with E-state index in [1.807, 2.05) is 31.2 Å². The molecule has 1 heterocycles.